The van der Waals surface area contributed by atoms with Crippen molar-refractivity contribution in [3.8, 4) is 5.75 Å². The van der Waals surface area contributed by atoms with Crippen molar-refractivity contribution in [1.29, 1.82) is 0 Å². The third kappa shape index (κ3) is 5.76. The zero-order valence-corrected chi connectivity index (χ0v) is 15.9. The Morgan fingerprint density at radius 2 is 2.24 bits per heavy atom. The van der Waals surface area contributed by atoms with Gasteiger partial charge in [0.15, 0.2) is 0 Å². The molecule has 0 aromatic heterocycles. The molecular formula is C16H23ClN2O5S. The third-order valence-electron chi connectivity index (χ3n) is 3.90. The van der Waals surface area contributed by atoms with Gasteiger partial charge in [0.25, 0.3) is 0 Å². The van der Waals surface area contributed by atoms with Gasteiger partial charge in [0.1, 0.15) is 5.75 Å². The van der Waals surface area contributed by atoms with E-state index >= 15 is 0 Å². The minimum atomic E-state index is -3.60. The molecule has 0 saturated carbocycles. The van der Waals surface area contributed by atoms with Crippen molar-refractivity contribution < 1.29 is 22.7 Å². The highest BCUT2D eigenvalue weighted by Gasteiger charge is 2.23. The lowest BCUT2D eigenvalue weighted by Crippen LogP contribution is -2.37. The average molecular weight is 391 g/mol. The molecule has 7 nitrogen and oxygen atoms in total. The van der Waals surface area contributed by atoms with E-state index in [0.717, 1.165) is 30.0 Å². The van der Waals surface area contributed by atoms with Gasteiger partial charge >= 0.3 is 0 Å². The van der Waals surface area contributed by atoms with Crippen LogP contribution in [0.3, 0.4) is 0 Å². The quantitative estimate of drug-likeness (QED) is 0.731. The predicted molar refractivity (Wildman–Crippen MR) is 96.8 cm³/mol. The molecule has 1 atom stereocenters. The molecule has 1 aromatic rings. The molecule has 9 heteroatoms. The molecular weight excluding hydrogens is 368 g/mol. The monoisotopic (exact) mass is 390 g/mol. The van der Waals surface area contributed by atoms with Gasteiger partial charge < -0.3 is 14.8 Å². The van der Waals surface area contributed by atoms with Gasteiger partial charge in [-0.15, -0.1) is 0 Å². The SMILES string of the molecule is COc1ccc(Cl)cc1N(CCC(=O)NCC1CCCO1)S(C)(=O)=O. The second kappa shape index (κ2) is 8.73. The Bertz CT molecular complexity index is 704. The molecule has 1 unspecified atom stereocenters. The van der Waals surface area contributed by atoms with Crippen LogP contribution in [0.2, 0.25) is 5.02 Å². The lowest BCUT2D eigenvalue weighted by molar-refractivity contribution is -0.121. The van der Waals surface area contributed by atoms with Gasteiger partial charge in [0, 0.05) is 31.1 Å². The molecule has 140 valence electrons. The summed E-state index contributed by atoms with van der Waals surface area (Å²) >= 11 is 5.98. The summed E-state index contributed by atoms with van der Waals surface area (Å²) in [6, 6.07) is 4.71. The maximum atomic E-state index is 12.2. The van der Waals surface area contributed by atoms with Gasteiger partial charge in [0.2, 0.25) is 15.9 Å². The Morgan fingerprint density at radius 1 is 1.48 bits per heavy atom. The van der Waals surface area contributed by atoms with Gasteiger partial charge in [-0.2, -0.15) is 0 Å². The number of sulfonamides is 1. The van der Waals surface area contributed by atoms with Crippen LogP contribution in [-0.4, -0.2) is 53.5 Å². The molecule has 1 heterocycles. The molecule has 2 rings (SSSR count). The molecule has 1 saturated heterocycles. The van der Waals surface area contributed by atoms with Crippen LogP contribution in [0.4, 0.5) is 5.69 Å². The number of carbonyl (C=O) groups is 1. The highest BCUT2D eigenvalue weighted by Crippen LogP contribution is 2.32. The van der Waals surface area contributed by atoms with E-state index in [0.29, 0.717) is 23.0 Å². The number of methoxy groups -OCH3 is 1. The molecule has 1 N–H and O–H groups in total. The summed E-state index contributed by atoms with van der Waals surface area (Å²) < 4.78 is 36.1. The third-order valence-corrected chi connectivity index (χ3v) is 5.32. The fourth-order valence-corrected chi connectivity index (χ4v) is 3.74. The van der Waals surface area contributed by atoms with Crippen molar-refractivity contribution in [2.45, 2.75) is 25.4 Å². The average Bonchev–Trinajstić information content (AvgIpc) is 3.05. The van der Waals surface area contributed by atoms with Crippen LogP contribution in [0.1, 0.15) is 19.3 Å². The Morgan fingerprint density at radius 3 is 2.84 bits per heavy atom. The first-order valence-electron chi connectivity index (χ1n) is 8.01. The summed E-state index contributed by atoms with van der Waals surface area (Å²) in [5.41, 5.74) is 0.310. The summed E-state index contributed by atoms with van der Waals surface area (Å²) in [4.78, 5) is 12.0. The number of amides is 1. The normalized spacial score (nSPS) is 17.3. The van der Waals surface area contributed by atoms with Gasteiger partial charge in [-0.25, -0.2) is 8.42 Å². The minimum absolute atomic E-state index is 0.00705. The van der Waals surface area contributed by atoms with E-state index in [9.17, 15) is 13.2 Å². The highest BCUT2D eigenvalue weighted by molar-refractivity contribution is 7.92. The number of rotatable bonds is 8. The smallest absolute Gasteiger partial charge is 0.232 e. The summed E-state index contributed by atoms with van der Waals surface area (Å²) in [5.74, 6) is 0.139. The Hall–Kier alpha value is -1.51. The van der Waals surface area contributed by atoms with Gasteiger partial charge in [0.05, 0.1) is 25.2 Å². The van der Waals surface area contributed by atoms with Crippen LogP contribution >= 0.6 is 11.6 Å². The number of nitrogens with one attached hydrogen (secondary N) is 1. The van der Waals surface area contributed by atoms with Crippen LogP contribution in [-0.2, 0) is 19.6 Å². The lowest BCUT2D eigenvalue weighted by atomic mass is 10.2. The van der Waals surface area contributed by atoms with Crippen LogP contribution in [0.25, 0.3) is 0 Å². The summed E-state index contributed by atoms with van der Waals surface area (Å²) in [5, 5.41) is 3.16. The van der Waals surface area contributed by atoms with Crippen LogP contribution in [0.5, 0.6) is 5.75 Å². The van der Waals surface area contributed by atoms with E-state index in [4.69, 9.17) is 21.1 Å². The maximum absolute atomic E-state index is 12.2. The lowest BCUT2D eigenvalue weighted by Gasteiger charge is -2.24. The zero-order chi connectivity index (χ0) is 18.4. The maximum Gasteiger partial charge on any atom is 0.232 e. The fraction of sp³-hybridized carbons (Fsp3) is 0.562. The first-order valence-corrected chi connectivity index (χ1v) is 10.2. The van der Waals surface area contributed by atoms with Crippen molar-refractivity contribution >= 4 is 33.2 Å². The number of anilines is 1. The number of halogens is 1. The molecule has 1 aromatic carbocycles. The van der Waals surface area contributed by atoms with Crippen LogP contribution in [0.15, 0.2) is 18.2 Å². The minimum Gasteiger partial charge on any atom is -0.495 e. The predicted octanol–water partition coefficient (Wildman–Crippen LogP) is 1.80. The number of hydrogen-bond donors (Lipinski definition) is 1. The Balaban J connectivity index is 2.03. The van der Waals surface area contributed by atoms with Crippen molar-refractivity contribution in [3.05, 3.63) is 23.2 Å². The highest BCUT2D eigenvalue weighted by atomic mass is 35.5. The van der Waals surface area contributed by atoms with Gasteiger partial charge in [-0.1, -0.05) is 11.6 Å². The molecule has 1 fully saturated rings. The topological polar surface area (TPSA) is 84.9 Å². The van der Waals surface area contributed by atoms with E-state index in [2.05, 4.69) is 5.32 Å². The molecule has 1 amide bonds. The first kappa shape index (κ1) is 19.8. The number of hydrogen-bond acceptors (Lipinski definition) is 5. The fourth-order valence-electron chi connectivity index (χ4n) is 2.65. The van der Waals surface area contributed by atoms with Gasteiger partial charge in [-0.3, -0.25) is 9.10 Å². The van der Waals surface area contributed by atoms with Crippen LogP contribution in [0, 0.1) is 0 Å². The van der Waals surface area contributed by atoms with Crippen molar-refractivity contribution in [3.63, 3.8) is 0 Å². The van der Waals surface area contributed by atoms with Gasteiger partial charge in [-0.05, 0) is 31.0 Å². The second-order valence-electron chi connectivity index (χ2n) is 5.84. The summed E-state index contributed by atoms with van der Waals surface area (Å²) in [6.45, 7) is 1.15. The Labute approximate surface area is 153 Å². The van der Waals surface area contributed by atoms with E-state index < -0.39 is 10.0 Å². The molecule has 0 aliphatic carbocycles. The van der Waals surface area contributed by atoms with Crippen molar-refractivity contribution in [2.24, 2.45) is 0 Å². The van der Waals surface area contributed by atoms with E-state index in [-0.39, 0.29) is 25.0 Å². The Kier molecular flexibility index (Phi) is 6.92. The molecule has 0 spiro atoms. The molecule has 25 heavy (non-hydrogen) atoms. The number of ether oxygens (including phenoxy) is 2. The summed E-state index contributed by atoms with van der Waals surface area (Å²) in [6.07, 6.45) is 3.07. The van der Waals surface area contributed by atoms with Crippen molar-refractivity contribution in [2.75, 3.05) is 37.4 Å². The van der Waals surface area contributed by atoms with Crippen molar-refractivity contribution in [1.82, 2.24) is 5.32 Å². The molecule has 0 bridgehead atoms. The van der Waals surface area contributed by atoms with E-state index in [1.165, 1.54) is 13.2 Å². The summed E-state index contributed by atoms with van der Waals surface area (Å²) in [7, 11) is -2.16. The largest absolute Gasteiger partial charge is 0.495 e. The van der Waals surface area contributed by atoms with E-state index in [1.54, 1.807) is 12.1 Å². The number of nitrogens with zero attached hydrogens (tertiary/aromatic N) is 1. The number of carbonyl (C=O) groups excluding carboxylic acids is 1. The molecule has 1 aliphatic heterocycles. The van der Waals surface area contributed by atoms with E-state index in [1.807, 2.05) is 0 Å². The molecule has 1 aliphatic rings. The second-order valence-corrected chi connectivity index (χ2v) is 8.18. The molecule has 0 radical (unpaired) electrons. The zero-order valence-electron chi connectivity index (χ0n) is 14.3. The number of benzene rings is 1. The first-order chi connectivity index (χ1) is 11.8. The standard InChI is InChI=1S/C16H23ClN2O5S/c1-23-15-6-5-12(17)10-14(15)19(25(2,21)22)8-7-16(20)18-11-13-4-3-9-24-13/h5-6,10,13H,3-4,7-9,11H2,1-2H3,(H,18,20). The van der Waals surface area contributed by atoms with Crippen LogP contribution < -0.4 is 14.4 Å².